The summed E-state index contributed by atoms with van der Waals surface area (Å²) in [6.45, 7) is 3.93. The molecule has 0 radical (unpaired) electrons. The van der Waals surface area contributed by atoms with Crippen LogP contribution in [0.4, 0.5) is 5.69 Å². The van der Waals surface area contributed by atoms with Gasteiger partial charge < -0.3 is 15.5 Å². The van der Waals surface area contributed by atoms with Gasteiger partial charge in [-0.1, -0.05) is 17.7 Å². The molecule has 1 aliphatic heterocycles. The molecule has 1 aliphatic rings. The van der Waals surface area contributed by atoms with E-state index in [1.807, 2.05) is 6.07 Å². The Morgan fingerprint density at radius 3 is 2.53 bits per heavy atom. The molecule has 19 heavy (non-hydrogen) atoms. The van der Waals surface area contributed by atoms with Crippen molar-refractivity contribution in [1.29, 1.82) is 0 Å². The van der Waals surface area contributed by atoms with Crippen LogP contribution in [0.1, 0.15) is 18.4 Å². The zero-order chi connectivity index (χ0) is 13.8. The Morgan fingerprint density at radius 1 is 1.32 bits per heavy atom. The summed E-state index contributed by atoms with van der Waals surface area (Å²) in [5.41, 5.74) is 7.88. The smallest absolute Gasteiger partial charge is 0.0642 e. The van der Waals surface area contributed by atoms with E-state index in [1.165, 1.54) is 19.4 Å². The number of halogens is 1. The summed E-state index contributed by atoms with van der Waals surface area (Å²) in [7, 11) is 4.30. The number of rotatable bonds is 4. The minimum Gasteiger partial charge on any atom is -0.370 e. The van der Waals surface area contributed by atoms with Crippen LogP contribution in [0.2, 0.25) is 5.02 Å². The van der Waals surface area contributed by atoms with Crippen molar-refractivity contribution in [1.82, 2.24) is 4.90 Å². The predicted molar refractivity (Wildman–Crippen MR) is 82.8 cm³/mol. The fourth-order valence-electron chi connectivity index (χ4n) is 2.81. The molecule has 3 nitrogen and oxygen atoms in total. The topological polar surface area (TPSA) is 32.5 Å². The molecule has 1 aromatic carbocycles. The van der Waals surface area contributed by atoms with Gasteiger partial charge in [0.2, 0.25) is 0 Å². The lowest BCUT2D eigenvalue weighted by atomic mass is 9.96. The highest BCUT2D eigenvalue weighted by Gasteiger charge is 2.21. The Bertz CT molecular complexity index is 412. The van der Waals surface area contributed by atoms with Crippen LogP contribution >= 0.6 is 11.6 Å². The van der Waals surface area contributed by atoms with E-state index in [0.29, 0.717) is 6.54 Å². The number of nitrogens with two attached hydrogens (primary N) is 1. The Hall–Kier alpha value is -0.770. The average Bonchev–Trinajstić information content (AvgIpc) is 2.39. The van der Waals surface area contributed by atoms with Gasteiger partial charge in [0.05, 0.1) is 10.7 Å². The van der Waals surface area contributed by atoms with Crippen molar-refractivity contribution in [3.05, 3.63) is 28.8 Å². The SMILES string of the molecule is CN(C)CC1CCN(c2ccc(CN)cc2Cl)CC1. The van der Waals surface area contributed by atoms with E-state index in [1.54, 1.807) is 0 Å². The lowest BCUT2D eigenvalue weighted by molar-refractivity contribution is 0.285. The molecule has 1 saturated heterocycles. The molecule has 106 valence electrons. The van der Waals surface area contributed by atoms with Crippen LogP contribution in [0.25, 0.3) is 0 Å². The molecule has 1 aromatic rings. The number of hydrogen-bond donors (Lipinski definition) is 1. The van der Waals surface area contributed by atoms with Gasteiger partial charge in [0, 0.05) is 26.2 Å². The molecule has 0 atom stereocenters. The number of nitrogens with zero attached hydrogens (tertiary/aromatic N) is 2. The van der Waals surface area contributed by atoms with Crippen LogP contribution in [0.3, 0.4) is 0 Å². The zero-order valence-corrected chi connectivity index (χ0v) is 12.7. The Morgan fingerprint density at radius 2 is 2.00 bits per heavy atom. The highest BCUT2D eigenvalue weighted by molar-refractivity contribution is 6.33. The highest BCUT2D eigenvalue weighted by Crippen LogP contribution is 2.30. The molecule has 0 saturated carbocycles. The largest absolute Gasteiger partial charge is 0.370 e. The summed E-state index contributed by atoms with van der Waals surface area (Å²) in [4.78, 5) is 4.68. The molecule has 0 aliphatic carbocycles. The van der Waals surface area contributed by atoms with Crippen molar-refractivity contribution in [3.8, 4) is 0 Å². The van der Waals surface area contributed by atoms with E-state index < -0.39 is 0 Å². The Labute approximate surface area is 121 Å². The second-order valence-electron chi connectivity index (χ2n) is 5.68. The van der Waals surface area contributed by atoms with E-state index in [0.717, 1.165) is 35.3 Å². The van der Waals surface area contributed by atoms with Gasteiger partial charge in [-0.25, -0.2) is 0 Å². The van der Waals surface area contributed by atoms with Crippen LogP contribution < -0.4 is 10.6 Å². The van der Waals surface area contributed by atoms with Gasteiger partial charge in [-0.05, 0) is 50.6 Å². The molecule has 0 spiro atoms. The molecule has 2 rings (SSSR count). The molecule has 0 aromatic heterocycles. The zero-order valence-electron chi connectivity index (χ0n) is 11.9. The Kier molecular flexibility index (Phi) is 5.08. The third-order valence-corrected chi connectivity index (χ3v) is 4.13. The van der Waals surface area contributed by atoms with Crippen molar-refractivity contribution in [2.45, 2.75) is 19.4 Å². The van der Waals surface area contributed by atoms with Crippen LogP contribution in [0.15, 0.2) is 18.2 Å². The summed E-state index contributed by atoms with van der Waals surface area (Å²) in [6.07, 6.45) is 2.49. The molecular weight excluding hydrogens is 258 g/mol. The van der Waals surface area contributed by atoms with E-state index in [-0.39, 0.29) is 0 Å². The number of benzene rings is 1. The monoisotopic (exact) mass is 281 g/mol. The summed E-state index contributed by atoms with van der Waals surface area (Å²) in [6, 6.07) is 6.17. The molecule has 4 heteroatoms. The summed E-state index contributed by atoms with van der Waals surface area (Å²) >= 11 is 6.36. The minimum atomic E-state index is 0.547. The first-order chi connectivity index (χ1) is 9.10. The van der Waals surface area contributed by atoms with Gasteiger partial charge >= 0.3 is 0 Å². The summed E-state index contributed by atoms with van der Waals surface area (Å²) in [5, 5.41) is 0.828. The maximum absolute atomic E-state index is 6.36. The van der Waals surface area contributed by atoms with Gasteiger partial charge in [0.1, 0.15) is 0 Å². The maximum atomic E-state index is 6.36. The number of anilines is 1. The molecular formula is C15H24ClN3. The van der Waals surface area contributed by atoms with Gasteiger partial charge in [-0.2, -0.15) is 0 Å². The molecule has 0 bridgehead atoms. The van der Waals surface area contributed by atoms with Crippen LogP contribution in [0.5, 0.6) is 0 Å². The standard InChI is InChI=1S/C15H24ClN3/c1-18(2)11-12-5-7-19(8-6-12)15-4-3-13(10-17)9-14(15)16/h3-4,9,12H,5-8,10-11,17H2,1-2H3. The van der Waals surface area contributed by atoms with Gasteiger partial charge in [0.15, 0.2) is 0 Å². The van der Waals surface area contributed by atoms with Gasteiger partial charge in [-0.15, -0.1) is 0 Å². The molecule has 0 amide bonds. The van der Waals surface area contributed by atoms with Crippen molar-refractivity contribution < 1.29 is 0 Å². The average molecular weight is 282 g/mol. The molecule has 1 heterocycles. The minimum absolute atomic E-state index is 0.547. The maximum Gasteiger partial charge on any atom is 0.0642 e. The van der Waals surface area contributed by atoms with Crippen LogP contribution in [-0.2, 0) is 6.54 Å². The fourth-order valence-corrected chi connectivity index (χ4v) is 3.13. The fraction of sp³-hybridized carbons (Fsp3) is 0.600. The second-order valence-corrected chi connectivity index (χ2v) is 6.09. The van der Waals surface area contributed by atoms with Crippen LogP contribution in [-0.4, -0.2) is 38.6 Å². The van der Waals surface area contributed by atoms with Crippen LogP contribution in [0, 0.1) is 5.92 Å². The summed E-state index contributed by atoms with van der Waals surface area (Å²) < 4.78 is 0. The normalized spacial score (nSPS) is 17.2. The van der Waals surface area contributed by atoms with Gasteiger partial charge in [0.25, 0.3) is 0 Å². The lowest BCUT2D eigenvalue weighted by Crippen LogP contribution is -2.37. The lowest BCUT2D eigenvalue weighted by Gasteiger charge is -2.35. The van der Waals surface area contributed by atoms with E-state index in [2.05, 4.69) is 36.0 Å². The first kappa shape index (κ1) is 14.6. The Balaban J connectivity index is 1.97. The first-order valence-corrected chi connectivity index (χ1v) is 7.36. The first-order valence-electron chi connectivity index (χ1n) is 6.98. The van der Waals surface area contributed by atoms with E-state index in [4.69, 9.17) is 17.3 Å². The summed E-state index contributed by atoms with van der Waals surface area (Å²) in [5.74, 6) is 0.813. The molecule has 2 N–H and O–H groups in total. The highest BCUT2D eigenvalue weighted by atomic mass is 35.5. The third kappa shape index (κ3) is 3.85. The van der Waals surface area contributed by atoms with E-state index >= 15 is 0 Å². The van der Waals surface area contributed by atoms with Gasteiger partial charge in [-0.3, -0.25) is 0 Å². The van der Waals surface area contributed by atoms with Crippen molar-refractivity contribution in [3.63, 3.8) is 0 Å². The number of piperidine rings is 1. The third-order valence-electron chi connectivity index (χ3n) is 3.83. The second kappa shape index (κ2) is 6.60. The molecule has 0 unspecified atom stereocenters. The van der Waals surface area contributed by atoms with Crippen molar-refractivity contribution >= 4 is 17.3 Å². The molecule has 1 fully saturated rings. The predicted octanol–water partition coefficient (Wildman–Crippen LogP) is 2.58. The quantitative estimate of drug-likeness (QED) is 0.921. The van der Waals surface area contributed by atoms with E-state index in [9.17, 15) is 0 Å². The van der Waals surface area contributed by atoms with Crippen molar-refractivity contribution in [2.24, 2.45) is 11.7 Å². The number of hydrogen-bond acceptors (Lipinski definition) is 3. The van der Waals surface area contributed by atoms with Crippen molar-refractivity contribution in [2.75, 3.05) is 38.6 Å².